The average molecular weight is 265 g/mol. The third-order valence-electron chi connectivity index (χ3n) is 3.16. The van der Waals surface area contributed by atoms with Crippen LogP contribution in [0.15, 0.2) is 29.2 Å². The van der Waals surface area contributed by atoms with E-state index < -0.39 is 10.0 Å². The van der Waals surface area contributed by atoms with E-state index in [0.717, 1.165) is 12.8 Å². The predicted molar refractivity (Wildman–Crippen MR) is 67.1 cm³/mol. The second-order valence-electron chi connectivity index (χ2n) is 4.29. The minimum atomic E-state index is -3.53. The maximum absolute atomic E-state index is 12.4. The van der Waals surface area contributed by atoms with Crippen LogP contribution in [0.1, 0.15) is 18.4 Å². The fraction of sp³-hybridized carbons (Fsp3) is 0.417. The van der Waals surface area contributed by atoms with E-state index in [1.165, 1.54) is 16.4 Å². The van der Waals surface area contributed by atoms with Gasteiger partial charge < -0.3 is 5.73 Å². The van der Waals surface area contributed by atoms with E-state index in [2.05, 4.69) is 0 Å². The number of nitrogens with two attached hydrogens (primary N) is 1. The molecule has 1 saturated heterocycles. The maximum atomic E-state index is 12.4. The van der Waals surface area contributed by atoms with Gasteiger partial charge in [0.1, 0.15) is 0 Å². The van der Waals surface area contributed by atoms with Gasteiger partial charge in [-0.3, -0.25) is 0 Å². The van der Waals surface area contributed by atoms with Gasteiger partial charge in [0.05, 0.1) is 16.5 Å². The van der Waals surface area contributed by atoms with E-state index in [4.69, 9.17) is 11.0 Å². The summed E-state index contributed by atoms with van der Waals surface area (Å²) in [5.74, 6) is 0. The quantitative estimate of drug-likeness (QED) is 0.870. The van der Waals surface area contributed by atoms with Gasteiger partial charge in [0.15, 0.2) is 0 Å². The third kappa shape index (κ3) is 2.25. The summed E-state index contributed by atoms with van der Waals surface area (Å²) in [5.41, 5.74) is 5.94. The summed E-state index contributed by atoms with van der Waals surface area (Å²) in [4.78, 5) is 0.168. The first kappa shape index (κ1) is 13.0. The van der Waals surface area contributed by atoms with Crippen molar-refractivity contribution in [3.63, 3.8) is 0 Å². The zero-order valence-corrected chi connectivity index (χ0v) is 10.7. The SMILES string of the molecule is N#Cc1cccc(S(=O)(=O)N2CCCC2CN)c1. The van der Waals surface area contributed by atoms with Gasteiger partial charge in [-0.25, -0.2) is 8.42 Å². The van der Waals surface area contributed by atoms with E-state index in [0.29, 0.717) is 18.7 Å². The minimum Gasteiger partial charge on any atom is -0.329 e. The van der Waals surface area contributed by atoms with Gasteiger partial charge in [-0.2, -0.15) is 9.57 Å². The van der Waals surface area contributed by atoms with Gasteiger partial charge in [0.2, 0.25) is 10.0 Å². The van der Waals surface area contributed by atoms with Gasteiger partial charge in [-0.1, -0.05) is 6.07 Å². The van der Waals surface area contributed by atoms with Gasteiger partial charge >= 0.3 is 0 Å². The third-order valence-corrected chi connectivity index (χ3v) is 5.11. The number of sulfonamides is 1. The van der Waals surface area contributed by atoms with E-state index >= 15 is 0 Å². The first-order chi connectivity index (χ1) is 8.59. The number of nitrogens with zero attached hydrogens (tertiary/aromatic N) is 2. The van der Waals surface area contributed by atoms with Crippen LogP contribution < -0.4 is 5.73 Å². The topological polar surface area (TPSA) is 87.2 Å². The maximum Gasteiger partial charge on any atom is 0.243 e. The van der Waals surface area contributed by atoms with Crippen LogP contribution in [0.4, 0.5) is 0 Å². The summed E-state index contributed by atoms with van der Waals surface area (Å²) in [6.45, 7) is 0.831. The lowest BCUT2D eigenvalue weighted by Crippen LogP contribution is -2.39. The molecule has 0 bridgehead atoms. The molecule has 5 nitrogen and oxygen atoms in total. The van der Waals surface area contributed by atoms with Crippen LogP contribution in [-0.4, -0.2) is 31.9 Å². The highest BCUT2D eigenvalue weighted by atomic mass is 32.2. The van der Waals surface area contributed by atoms with Crippen LogP contribution in [0.25, 0.3) is 0 Å². The summed E-state index contributed by atoms with van der Waals surface area (Å²) >= 11 is 0. The molecule has 6 heteroatoms. The molecule has 1 aromatic carbocycles. The number of benzene rings is 1. The molecule has 2 N–H and O–H groups in total. The molecule has 18 heavy (non-hydrogen) atoms. The van der Waals surface area contributed by atoms with Crippen LogP contribution in [0, 0.1) is 11.3 Å². The molecule has 1 atom stereocenters. The second-order valence-corrected chi connectivity index (χ2v) is 6.18. The molecule has 0 amide bonds. The molecule has 0 aromatic heterocycles. The van der Waals surface area contributed by atoms with Crippen LogP contribution in [0.5, 0.6) is 0 Å². The molecule has 2 rings (SSSR count). The van der Waals surface area contributed by atoms with Crippen LogP contribution in [0.2, 0.25) is 0 Å². The highest BCUT2D eigenvalue weighted by Gasteiger charge is 2.34. The Bertz CT molecular complexity index is 577. The molecule has 1 aliphatic rings. The van der Waals surface area contributed by atoms with Crippen molar-refractivity contribution in [1.82, 2.24) is 4.31 Å². The Morgan fingerprint density at radius 1 is 1.50 bits per heavy atom. The number of rotatable bonds is 3. The Hall–Kier alpha value is -1.42. The van der Waals surface area contributed by atoms with Crippen molar-refractivity contribution in [3.8, 4) is 6.07 Å². The largest absolute Gasteiger partial charge is 0.329 e. The minimum absolute atomic E-state index is 0.124. The Morgan fingerprint density at radius 3 is 2.94 bits per heavy atom. The number of nitriles is 1. The predicted octanol–water partition coefficient (Wildman–Crippen LogP) is 0.670. The van der Waals surface area contributed by atoms with Crippen molar-refractivity contribution in [3.05, 3.63) is 29.8 Å². The molecule has 1 unspecified atom stereocenters. The summed E-state index contributed by atoms with van der Waals surface area (Å²) in [6, 6.07) is 7.91. The Kier molecular flexibility index (Phi) is 3.66. The normalized spacial score (nSPS) is 20.8. The van der Waals surface area contributed by atoms with Gasteiger partial charge in [-0.15, -0.1) is 0 Å². The Morgan fingerprint density at radius 2 is 2.28 bits per heavy atom. The van der Waals surface area contributed by atoms with E-state index in [1.807, 2.05) is 6.07 Å². The van der Waals surface area contributed by atoms with E-state index in [-0.39, 0.29) is 10.9 Å². The van der Waals surface area contributed by atoms with Crippen molar-refractivity contribution in [1.29, 1.82) is 5.26 Å². The number of hydrogen-bond acceptors (Lipinski definition) is 4. The van der Waals surface area contributed by atoms with Gasteiger partial charge in [0.25, 0.3) is 0 Å². The first-order valence-electron chi connectivity index (χ1n) is 5.81. The standard InChI is InChI=1S/C12H15N3O2S/c13-8-10-3-1-5-12(7-10)18(16,17)15-6-2-4-11(15)9-14/h1,3,5,7,11H,2,4,6,9,14H2. The molecular formula is C12H15N3O2S. The summed E-state index contributed by atoms with van der Waals surface area (Å²) in [7, 11) is -3.53. The van der Waals surface area contributed by atoms with Gasteiger partial charge in [0, 0.05) is 19.1 Å². The highest BCUT2D eigenvalue weighted by Crippen LogP contribution is 2.25. The first-order valence-corrected chi connectivity index (χ1v) is 7.25. The van der Waals surface area contributed by atoms with Crippen LogP contribution in [0.3, 0.4) is 0 Å². The van der Waals surface area contributed by atoms with Crippen molar-refractivity contribution >= 4 is 10.0 Å². The van der Waals surface area contributed by atoms with Crippen molar-refractivity contribution < 1.29 is 8.42 Å². The molecule has 96 valence electrons. The summed E-state index contributed by atoms with van der Waals surface area (Å²) < 4.78 is 26.3. The fourth-order valence-corrected chi connectivity index (χ4v) is 3.97. The highest BCUT2D eigenvalue weighted by molar-refractivity contribution is 7.89. The second kappa shape index (κ2) is 5.06. The molecule has 0 aliphatic carbocycles. The number of hydrogen-bond donors (Lipinski definition) is 1. The van der Waals surface area contributed by atoms with Gasteiger partial charge in [-0.05, 0) is 31.0 Å². The smallest absolute Gasteiger partial charge is 0.243 e. The molecule has 0 spiro atoms. The summed E-state index contributed by atoms with van der Waals surface area (Å²) in [5, 5.41) is 8.81. The zero-order valence-electron chi connectivity index (χ0n) is 9.91. The van der Waals surface area contributed by atoms with E-state index in [1.54, 1.807) is 12.1 Å². The molecule has 1 heterocycles. The van der Waals surface area contributed by atoms with Crippen molar-refractivity contribution in [2.75, 3.05) is 13.1 Å². The van der Waals surface area contributed by atoms with Crippen molar-refractivity contribution in [2.45, 2.75) is 23.8 Å². The fourth-order valence-electron chi connectivity index (χ4n) is 2.22. The zero-order chi connectivity index (χ0) is 13.2. The lowest BCUT2D eigenvalue weighted by molar-refractivity contribution is 0.393. The summed E-state index contributed by atoms with van der Waals surface area (Å²) in [6.07, 6.45) is 1.63. The Balaban J connectivity index is 2.39. The molecule has 1 fully saturated rings. The van der Waals surface area contributed by atoms with Crippen LogP contribution in [-0.2, 0) is 10.0 Å². The molecular weight excluding hydrogens is 250 g/mol. The van der Waals surface area contributed by atoms with Crippen molar-refractivity contribution in [2.24, 2.45) is 5.73 Å². The lowest BCUT2D eigenvalue weighted by atomic mass is 10.2. The molecule has 0 saturated carbocycles. The Labute approximate surface area is 107 Å². The monoisotopic (exact) mass is 265 g/mol. The lowest BCUT2D eigenvalue weighted by Gasteiger charge is -2.22. The van der Waals surface area contributed by atoms with Crippen LogP contribution >= 0.6 is 0 Å². The molecule has 0 radical (unpaired) electrons. The van der Waals surface area contributed by atoms with E-state index in [9.17, 15) is 8.42 Å². The average Bonchev–Trinajstić information content (AvgIpc) is 2.88. The molecule has 1 aromatic rings. The molecule has 1 aliphatic heterocycles.